The minimum Gasteiger partial charge on any atom is -0.493 e. The van der Waals surface area contributed by atoms with Crippen molar-refractivity contribution in [1.29, 1.82) is 0 Å². The predicted octanol–water partition coefficient (Wildman–Crippen LogP) is 6.53. The first-order chi connectivity index (χ1) is 16.3. The molecular formula is C27H26F3NO3. The molecule has 4 rings (SSSR count). The summed E-state index contributed by atoms with van der Waals surface area (Å²) in [5, 5.41) is 9.50. The zero-order chi connectivity index (χ0) is 24.3. The van der Waals surface area contributed by atoms with Crippen LogP contribution in [0.1, 0.15) is 48.1 Å². The van der Waals surface area contributed by atoms with Crippen LogP contribution in [0.4, 0.5) is 13.2 Å². The van der Waals surface area contributed by atoms with E-state index in [4.69, 9.17) is 4.74 Å². The van der Waals surface area contributed by atoms with Crippen molar-refractivity contribution in [2.45, 2.75) is 44.7 Å². The number of halogens is 3. The zero-order valence-corrected chi connectivity index (χ0v) is 18.8. The molecule has 1 aromatic heterocycles. The quantitative estimate of drug-likeness (QED) is 0.408. The fourth-order valence-corrected chi connectivity index (χ4v) is 4.65. The summed E-state index contributed by atoms with van der Waals surface area (Å²) < 4.78 is 44.3. The van der Waals surface area contributed by atoms with Crippen LogP contribution in [-0.4, -0.2) is 22.7 Å². The van der Waals surface area contributed by atoms with Crippen LogP contribution >= 0.6 is 0 Å². The summed E-state index contributed by atoms with van der Waals surface area (Å²) in [6.07, 6.45) is -1.53. The largest absolute Gasteiger partial charge is 0.493 e. The van der Waals surface area contributed by atoms with Gasteiger partial charge in [-0.05, 0) is 72.7 Å². The highest BCUT2D eigenvalue weighted by Gasteiger charge is 2.33. The van der Waals surface area contributed by atoms with Crippen molar-refractivity contribution >= 4 is 5.97 Å². The Morgan fingerprint density at radius 3 is 2.59 bits per heavy atom. The first-order valence-corrected chi connectivity index (χ1v) is 11.4. The molecule has 0 saturated carbocycles. The number of rotatable bonds is 8. The third-order valence-corrected chi connectivity index (χ3v) is 6.42. The lowest BCUT2D eigenvalue weighted by atomic mass is 9.85. The van der Waals surface area contributed by atoms with E-state index in [1.807, 2.05) is 37.3 Å². The molecule has 0 radical (unpaired) electrons. The second-order valence-electron chi connectivity index (χ2n) is 8.55. The topological polar surface area (TPSA) is 59.4 Å². The van der Waals surface area contributed by atoms with Crippen molar-refractivity contribution in [2.75, 3.05) is 6.61 Å². The lowest BCUT2D eigenvalue weighted by Crippen LogP contribution is -2.19. The summed E-state index contributed by atoms with van der Waals surface area (Å²) in [5.74, 6) is -0.326. The molecule has 4 nitrogen and oxygen atoms in total. The predicted molar refractivity (Wildman–Crippen MR) is 123 cm³/mol. The minimum atomic E-state index is -4.36. The monoisotopic (exact) mass is 469 g/mol. The van der Waals surface area contributed by atoms with Crippen LogP contribution < -0.4 is 4.74 Å². The minimum absolute atomic E-state index is 0.0451. The van der Waals surface area contributed by atoms with E-state index in [0.29, 0.717) is 30.7 Å². The van der Waals surface area contributed by atoms with Crippen LogP contribution in [0, 0.1) is 5.92 Å². The molecule has 2 aromatic carbocycles. The molecule has 1 aliphatic carbocycles. The van der Waals surface area contributed by atoms with Crippen molar-refractivity contribution < 1.29 is 27.8 Å². The van der Waals surface area contributed by atoms with Gasteiger partial charge in [-0.15, -0.1) is 0 Å². The van der Waals surface area contributed by atoms with Gasteiger partial charge in [-0.1, -0.05) is 31.2 Å². The summed E-state index contributed by atoms with van der Waals surface area (Å²) >= 11 is 0. The number of carboxylic acids is 1. The summed E-state index contributed by atoms with van der Waals surface area (Å²) in [7, 11) is 0. The van der Waals surface area contributed by atoms with Crippen molar-refractivity contribution in [3.05, 3.63) is 83.0 Å². The van der Waals surface area contributed by atoms with Crippen LogP contribution in [0.2, 0.25) is 0 Å². The number of pyridine rings is 1. The molecule has 0 amide bonds. The molecule has 0 saturated heterocycles. The lowest BCUT2D eigenvalue weighted by molar-refractivity contribution is -0.142. The number of hydrogen-bond acceptors (Lipinski definition) is 3. The Kier molecular flexibility index (Phi) is 6.91. The molecule has 7 heteroatoms. The Hall–Kier alpha value is -3.35. The molecule has 0 bridgehead atoms. The molecule has 34 heavy (non-hydrogen) atoms. The Morgan fingerprint density at radius 2 is 1.91 bits per heavy atom. The van der Waals surface area contributed by atoms with E-state index < -0.39 is 17.7 Å². The van der Waals surface area contributed by atoms with Gasteiger partial charge < -0.3 is 9.84 Å². The average molecular weight is 470 g/mol. The van der Waals surface area contributed by atoms with E-state index in [1.165, 1.54) is 12.1 Å². The van der Waals surface area contributed by atoms with Crippen molar-refractivity contribution in [2.24, 2.45) is 5.92 Å². The number of ether oxygens (including phenoxy) is 1. The normalized spacial score (nSPS) is 16.2. The van der Waals surface area contributed by atoms with Gasteiger partial charge in [0.25, 0.3) is 0 Å². The van der Waals surface area contributed by atoms with Crippen molar-refractivity contribution in [3.63, 3.8) is 0 Å². The van der Waals surface area contributed by atoms with Crippen molar-refractivity contribution in [3.8, 4) is 17.0 Å². The number of hydrogen-bond donors (Lipinski definition) is 1. The number of aromatic nitrogens is 1. The number of benzene rings is 2. The van der Waals surface area contributed by atoms with Crippen molar-refractivity contribution in [1.82, 2.24) is 4.98 Å². The summed E-state index contributed by atoms with van der Waals surface area (Å²) in [4.78, 5) is 16.1. The smallest absolute Gasteiger partial charge is 0.416 e. The van der Waals surface area contributed by atoms with Gasteiger partial charge in [0.1, 0.15) is 5.75 Å². The molecule has 178 valence electrons. The van der Waals surface area contributed by atoms with Gasteiger partial charge >= 0.3 is 12.1 Å². The summed E-state index contributed by atoms with van der Waals surface area (Å²) in [5.41, 5.74) is 3.58. The number of alkyl halides is 3. The van der Waals surface area contributed by atoms with Gasteiger partial charge in [-0.2, -0.15) is 13.2 Å². The molecule has 0 fully saturated rings. The van der Waals surface area contributed by atoms with E-state index in [-0.39, 0.29) is 11.8 Å². The second kappa shape index (κ2) is 9.87. The molecule has 0 unspecified atom stereocenters. The van der Waals surface area contributed by atoms with E-state index in [9.17, 15) is 23.1 Å². The number of fused-ring (bicyclic) bond motifs is 1. The molecule has 1 aliphatic rings. The fourth-order valence-electron chi connectivity index (χ4n) is 4.65. The zero-order valence-electron chi connectivity index (χ0n) is 18.8. The summed E-state index contributed by atoms with van der Waals surface area (Å²) in [6.45, 7) is 2.31. The van der Waals surface area contributed by atoms with Gasteiger partial charge in [0.05, 0.1) is 23.8 Å². The maximum Gasteiger partial charge on any atom is 0.416 e. The van der Waals surface area contributed by atoms with Crippen LogP contribution in [-0.2, 0) is 23.8 Å². The van der Waals surface area contributed by atoms with E-state index in [2.05, 4.69) is 4.98 Å². The molecule has 1 N–H and O–H groups in total. The van der Waals surface area contributed by atoms with Gasteiger partial charge in [0.15, 0.2) is 0 Å². The first kappa shape index (κ1) is 23.8. The molecular weight excluding hydrogens is 443 g/mol. The molecule has 2 atom stereocenters. The molecule has 0 aliphatic heterocycles. The highest BCUT2D eigenvalue weighted by molar-refractivity contribution is 5.72. The van der Waals surface area contributed by atoms with Gasteiger partial charge in [-0.3, -0.25) is 9.78 Å². The Labute approximate surface area is 196 Å². The van der Waals surface area contributed by atoms with Crippen LogP contribution in [0.25, 0.3) is 11.3 Å². The standard InChI is InChI=1S/C27H26F3NO3/c1-2-22(26(32)33)24-12-8-18-16-21(11-13-23(18)24)34-15-14-20-4-3-5-25(31-20)17-6-9-19(10-7-17)27(28,29)30/h3-7,9-11,13,16,22,24H,2,8,12,14-15H2,1H3,(H,32,33)/t22-,24-/m0/s1. The van der Waals surface area contributed by atoms with E-state index >= 15 is 0 Å². The second-order valence-corrected chi connectivity index (χ2v) is 8.55. The molecule has 0 spiro atoms. The fraction of sp³-hybridized carbons (Fsp3) is 0.333. The molecule has 1 heterocycles. The third kappa shape index (κ3) is 5.24. The highest BCUT2D eigenvalue weighted by atomic mass is 19.4. The number of aliphatic carboxylic acids is 1. The van der Waals surface area contributed by atoms with Gasteiger partial charge in [0.2, 0.25) is 0 Å². The Morgan fingerprint density at radius 1 is 1.15 bits per heavy atom. The van der Waals surface area contributed by atoms with Crippen LogP contribution in [0.15, 0.2) is 60.7 Å². The summed E-state index contributed by atoms with van der Waals surface area (Å²) in [6, 6.07) is 16.3. The molecule has 3 aromatic rings. The lowest BCUT2D eigenvalue weighted by Gasteiger charge is -2.19. The Bertz CT molecular complexity index is 1160. The average Bonchev–Trinajstić information content (AvgIpc) is 3.22. The highest BCUT2D eigenvalue weighted by Crippen LogP contribution is 2.41. The number of carbonyl (C=O) groups is 1. The van der Waals surface area contributed by atoms with Gasteiger partial charge in [0, 0.05) is 17.7 Å². The number of aryl methyl sites for hydroxylation is 1. The maximum atomic E-state index is 12.8. The number of nitrogens with zero attached hydrogens (tertiary/aromatic N) is 1. The van der Waals surface area contributed by atoms with Crippen LogP contribution in [0.3, 0.4) is 0 Å². The first-order valence-electron chi connectivity index (χ1n) is 11.4. The third-order valence-electron chi connectivity index (χ3n) is 6.42. The Balaban J connectivity index is 1.38. The SMILES string of the molecule is CC[C@H](C(=O)O)[C@@H]1CCc2cc(OCCc3cccc(-c4ccc(C(F)(F)F)cc4)n3)ccc21. The van der Waals surface area contributed by atoms with Crippen LogP contribution in [0.5, 0.6) is 5.75 Å². The van der Waals surface area contributed by atoms with E-state index in [1.54, 1.807) is 6.07 Å². The maximum absolute atomic E-state index is 12.8. The number of carboxylic acid groups (broad SMARTS) is 1. The van der Waals surface area contributed by atoms with E-state index in [0.717, 1.165) is 47.5 Å². The van der Waals surface area contributed by atoms with Gasteiger partial charge in [-0.25, -0.2) is 0 Å².